The SMILES string of the molecule is OCC(NCC1CC1)(c1ccccc1)C1CC1. The summed E-state index contributed by atoms with van der Waals surface area (Å²) in [6.07, 6.45) is 5.20. The first-order chi connectivity index (χ1) is 8.35. The number of hydrogen-bond donors (Lipinski definition) is 2. The number of rotatable bonds is 6. The van der Waals surface area contributed by atoms with Crippen LogP contribution in [0.15, 0.2) is 30.3 Å². The molecule has 0 aliphatic heterocycles. The molecule has 2 fully saturated rings. The Balaban J connectivity index is 1.83. The Morgan fingerprint density at radius 3 is 2.35 bits per heavy atom. The van der Waals surface area contributed by atoms with Gasteiger partial charge in [-0.25, -0.2) is 0 Å². The van der Waals surface area contributed by atoms with Gasteiger partial charge in [-0.2, -0.15) is 0 Å². The molecule has 2 aliphatic carbocycles. The van der Waals surface area contributed by atoms with Crippen molar-refractivity contribution in [3.05, 3.63) is 35.9 Å². The van der Waals surface area contributed by atoms with Crippen molar-refractivity contribution in [3.8, 4) is 0 Å². The Morgan fingerprint density at radius 1 is 1.12 bits per heavy atom. The van der Waals surface area contributed by atoms with E-state index in [1.54, 1.807) is 0 Å². The number of aliphatic hydroxyl groups is 1. The van der Waals surface area contributed by atoms with Crippen LogP contribution in [0, 0.1) is 11.8 Å². The molecule has 0 spiro atoms. The summed E-state index contributed by atoms with van der Waals surface area (Å²) < 4.78 is 0. The normalized spacial score (nSPS) is 23.4. The Morgan fingerprint density at radius 2 is 1.82 bits per heavy atom. The Bertz CT molecular complexity index is 370. The molecule has 0 heterocycles. The summed E-state index contributed by atoms with van der Waals surface area (Å²) in [7, 11) is 0. The Kier molecular flexibility index (Phi) is 2.93. The lowest BCUT2D eigenvalue weighted by Gasteiger charge is -2.34. The fourth-order valence-electron chi connectivity index (χ4n) is 2.72. The molecule has 0 bridgehead atoms. The van der Waals surface area contributed by atoms with Crippen molar-refractivity contribution < 1.29 is 5.11 Å². The molecule has 0 radical (unpaired) electrons. The standard InChI is InChI=1S/C15H21NO/c17-11-15(14-8-9-14,16-10-12-6-7-12)13-4-2-1-3-5-13/h1-5,12,14,16-17H,6-11H2. The summed E-state index contributed by atoms with van der Waals surface area (Å²) in [6, 6.07) is 10.5. The number of benzene rings is 1. The maximum absolute atomic E-state index is 9.91. The maximum Gasteiger partial charge on any atom is 0.0697 e. The minimum Gasteiger partial charge on any atom is -0.394 e. The first-order valence-electron chi connectivity index (χ1n) is 6.76. The molecule has 92 valence electrons. The van der Waals surface area contributed by atoms with E-state index in [1.165, 1.54) is 31.2 Å². The van der Waals surface area contributed by atoms with Crippen LogP contribution in [0.25, 0.3) is 0 Å². The average Bonchev–Trinajstić information content (AvgIpc) is 3.25. The van der Waals surface area contributed by atoms with Gasteiger partial charge in [0.1, 0.15) is 0 Å². The molecule has 1 aromatic rings. The summed E-state index contributed by atoms with van der Waals surface area (Å²) in [5.74, 6) is 1.47. The van der Waals surface area contributed by atoms with Crippen molar-refractivity contribution >= 4 is 0 Å². The van der Waals surface area contributed by atoms with Gasteiger partial charge in [0.2, 0.25) is 0 Å². The van der Waals surface area contributed by atoms with Gasteiger partial charge in [0.25, 0.3) is 0 Å². The smallest absolute Gasteiger partial charge is 0.0697 e. The van der Waals surface area contributed by atoms with Gasteiger partial charge in [-0.05, 0) is 49.6 Å². The summed E-state index contributed by atoms with van der Waals surface area (Å²) in [6.45, 7) is 1.28. The molecule has 2 saturated carbocycles. The molecule has 0 aromatic heterocycles. The first kappa shape index (κ1) is 11.2. The third-order valence-corrected chi connectivity index (χ3v) is 4.22. The van der Waals surface area contributed by atoms with Crippen LogP contribution in [-0.4, -0.2) is 18.3 Å². The van der Waals surface area contributed by atoms with Gasteiger partial charge in [0, 0.05) is 0 Å². The molecule has 0 amide bonds. The van der Waals surface area contributed by atoms with Gasteiger partial charge in [-0.1, -0.05) is 30.3 Å². The second-order valence-electron chi connectivity index (χ2n) is 5.59. The average molecular weight is 231 g/mol. The minimum absolute atomic E-state index is 0.177. The van der Waals surface area contributed by atoms with Crippen LogP contribution in [0.5, 0.6) is 0 Å². The highest BCUT2D eigenvalue weighted by atomic mass is 16.3. The number of hydrogen-bond acceptors (Lipinski definition) is 2. The van der Waals surface area contributed by atoms with Crippen LogP contribution in [0.4, 0.5) is 0 Å². The zero-order chi connectivity index (χ0) is 11.7. The fraction of sp³-hybridized carbons (Fsp3) is 0.600. The van der Waals surface area contributed by atoms with Crippen LogP contribution >= 0.6 is 0 Å². The van der Waals surface area contributed by atoms with Gasteiger partial charge in [-0.3, -0.25) is 0 Å². The zero-order valence-electron chi connectivity index (χ0n) is 10.2. The van der Waals surface area contributed by atoms with Crippen molar-refractivity contribution in [2.75, 3.05) is 13.2 Å². The molecule has 2 nitrogen and oxygen atoms in total. The highest BCUT2D eigenvalue weighted by molar-refractivity contribution is 5.27. The number of aliphatic hydroxyl groups excluding tert-OH is 1. The maximum atomic E-state index is 9.91. The van der Waals surface area contributed by atoms with E-state index in [2.05, 4.69) is 29.6 Å². The highest BCUT2D eigenvalue weighted by Crippen LogP contribution is 2.46. The van der Waals surface area contributed by atoms with Gasteiger partial charge < -0.3 is 10.4 Å². The molecule has 1 atom stereocenters. The lowest BCUT2D eigenvalue weighted by molar-refractivity contribution is 0.138. The molecule has 2 heteroatoms. The summed E-state index contributed by atoms with van der Waals surface area (Å²) in [5, 5.41) is 13.6. The predicted octanol–water partition coefficient (Wildman–Crippen LogP) is 2.28. The zero-order valence-corrected chi connectivity index (χ0v) is 10.2. The van der Waals surface area contributed by atoms with Crippen LogP contribution in [0.1, 0.15) is 31.2 Å². The van der Waals surface area contributed by atoms with E-state index in [4.69, 9.17) is 0 Å². The van der Waals surface area contributed by atoms with Crippen LogP contribution in [0.2, 0.25) is 0 Å². The van der Waals surface area contributed by atoms with Gasteiger partial charge in [0.15, 0.2) is 0 Å². The van der Waals surface area contributed by atoms with Crippen LogP contribution in [0.3, 0.4) is 0 Å². The molecule has 1 unspecified atom stereocenters. The lowest BCUT2D eigenvalue weighted by atomic mass is 9.85. The molecule has 1 aromatic carbocycles. The summed E-state index contributed by atoms with van der Waals surface area (Å²) in [5.41, 5.74) is 1.08. The van der Waals surface area contributed by atoms with Crippen LogP contribution in [-0.2, 0) is 5.54 Å². The second-order valence-corrected chi connectivity index (χ2v) is 5.59. The van der Waals surface area contributed by atoms with E-state index in [9.17, 15) is 5.11 Å². The van der Waals surface area contributed by atoms with E-state index < -0.39 is 0 Å². The van der Waals surface area contributed by atoms with E-state index in [0.29, 0.717) is 5.92 Å². The molecule has 3 rings (SSSR count). The van der Waals surface area contributed by atoms with E-state index in [-0.39, 0.29) is 12.1 Å². The quantitative estimate of drug-likeness (QED) is 0.787. The number of nitrogens with one attached hydrogen (secondary N) is 1. The third-order valence-electron chi connectivity index (χ3n) is 4.22. The van der Waals surface area contributed by atoms with Crippen molar-refractivity contribution in [3.63, 3.8) is 0 Å². The Labute approximate surface area is 103 Å². The predicted molar refractivity (Wildman–Crippen MR) is 68.7 cm³/mol. The minimum atomic E-state index is -0.177. The van der Waals surface area contributed by atoms with E-state index in [1.807, 2.05) is 6.07 Å². The highest BCUT2D eigenvalue weighted by Gasteiger charge is 2.46. The monoisotopic (exact) mass is 231 g/mol. The van der Waals surface area contributed by atoms with E-state index in [0.717, 1.165) is 12.5 Å². The van der Waals surface area contributed by atoms with Crippen molar-refractivity contribution in [1.29, 1.82) is 0 Å². The molecule has 2 N–H and O–H groups in total. The molecular formula is C15H21NO. The third kappa shape index (κ3) is 2.24. The Hall–Kier alpha value is -0.860. The molecule has 17 heavy (non-hydrogen) atoms. The second kappa shape index (κ2) is 4.43. The van der Waals surface area contributed by atoms with Crippen molar-refractivity contribution in [2.24, 2.45) is 11.8 Å². The first-order valence-corrected chi connectivity index (χ1v) is 6.76. The van der Waals surface area contributed by atoms with Crippen LogP contribution < -0.4 is 5.32 Å². The molecule has 0 saturated heterocycles. The molecule has 2 aliphatic rings. The largest absolute Gasteiger partial charge is 0.394 e. The summed E-state index contributed by atoms with van der Waals surface area (Å²) in [4.78, 5) is 0. The topological polar surface area (TPSA) is 32.3 Å². The summed E-state index contributed by atoms with van der Waals surface area (Å²) >= 11 is 0. The van der Waals surface area contributed by atoms with Gasteiger partial charge in [0.05, 0.1) is 12.1 Å². The lowest BCUT2D eigenvalue weighted by Crippen LogP contribution is -2.48. The fourth-order valence-corrected chi connectivity index (χ4v) is 2.72. The van der Waals surface area contributed by atoms with E-state index >= 15 is 0 Å². The van der Waals surface area contributed by atoms with Gasteiger partial charge in [-0.15, -0.1) is 0 Å². The van der Waals surface area contributed by atoms with Gasteiger partial charge >= 0.3 is 0 Å². The molecular weight excluding hydrogens is 210 g/mol. The van der Waals surface area contributed by atoms with Crippen molar-refractivity contribution in [1.82, 2.24) is 5.32 Å². The van der Waals surface area contributed by atoms with Crippen molar-refractivity contribution in [2.45, 2.75) is 31.2 Å².